The van der Waals surface area contributed by atoms with E-state index in [0.29, 0.717) is 11.1 Å². The molecule has 2 N–H and O–H groups in total. The molecule has 0 saturated carbocycles. The molecule has 2 rings (SSSR count). The number of phenols is 1. The van der Waals surface area contributed by atoms with Crippen LogP contribution in [-0.2, 0) is 0 Å². The van der Waals surface area contributed by atoms with Crippen molar-refractivity contribution in [3.8, 4) is 5.75 Å². The van der Waals surface area contributed by atoms with E-state index < -0.39 is 0 Å². The molecule has 0 saturated heterocycles. The van der Waals surface area contributed by atoms with Crippen LogP contribution in [0.4, 0.5) is 0 Å². The number of rotatable bonds is 5. The van der Waals surface area contributed by atoms with E-state index in [2.05, 4.69) is 31.3 Å². The fourth-order valence-corrected chi connectivity index (χ4v) is 2.35. The first kappa shape index (κ1) is 14.9. The molecule has 3 heteroatoms. The molecule has 2 nitrogen and oxygen atoms in total. The first-order valence-electron chi connectivity index (χ1n) is 6.91. The zero-order chi connectivity index (χ0) is 14.5. The number of hydrogen-bond donors (Lipinski definition) is 2. The topological polar surface area (TPSA) is 32.3 Å². The Bertz CT molecular complexity index is 556. The number of benzene rings is 2. The first-order valence-corrected chi connectivity index (χ1v) is 7.29. The van der Waals surface area contributed by atoms with Crippen molar-refractivity contribution in [3.63, 3.8) is 0 Å². The molecule has 2 atom stereocenters. The van der Waals surface area contributed by atoms with Gasteiger partial charge in [-0.3, -0.25) is 0 Å². The van der Waals surface area contributed by atoms with Crippen LogP contribution in [0.2, 0.25) is 5.02 Å². The van der Waals surface area contributed by atoms with Gasteiger partial charge in [0.15, 0.2) is 0 Å². The third kappa shape index (κ3) is 3.53. The monoisotopic (exact) mass is 289 g/mol. The summed E-state index contributed by atoms with van der Waals surface area (Å²) in [4.78, 5) is 0. The third-order valence-corrected chi connectivity index (χ3v) is 3.73. The lowest BCUT2D eigenvalue weighted by molar-refractivity contribution is 0.440. The van der Waals surface area contributed by atoms with E-state index in [4.69, 9.17) is 11.6 Å². The van der Waals surface area contributed by atoms with E-state index in [1.807, 2.05) is 24.3 Å². The minimum absolute atomic E-state index is 0.0650. The molecule has 0 heterocycles. The van der Waals surface area contributed by atoms with Gasteiger partial charge in [0.2, 0.25) is 0 Å². The van der Waals surface area contributed by atoms with Crippen molar-refractivity contribution in [1.82, 2.24) is 5.32 Å². The molecule has 0 aromatic heterocycles. The molecule has 0 spiro atoms. The van der Waals surface area contributed by atoms with Crippen LogP contribution in [0.5, 0.6) is 5.75 Å². The Hall–Kier alpha value is -1.51. The van der Waals surface area contributed by atoms with Crippen molar-refractivity contribution in [3.05, 3.63) is 64.7 Å². The largest absolute Gasteiger partial charge is 0.508 e. The second kappa shape index (κ2) is 6.78. The van der Waals surface area contributed by atoms with Crippen molar-refractivity contribution in [2.24, 2.45) is 0 Å². The zero-order valence-corrected chi connectivity index (χ0v) is 12.6. The summed E-state index contributed by atoms with van der Waals surface area (Å²) >= 11 is 6.08. The Morgan fingerprint density at radius 1 is 1.15 bits per heavy atom. The number of hydrogen-bond acceptors (Lipinski definition) is 2. The Morgan fingerprint density at radius 3 is 2.50 bits per heavy atom. The lowest BCUT2D eigenvalue weighted by Crippen LogP contribution is -2.30. The molecule has 0 fully saturated rings. The Morgan fingerprint density at radius 2 is 1.85 bits per heavy atom. The van der Waals surface area contributed by atoms with Crippen LogP contribution in [0.15, 0.2) is 48.5 Å². The molecule has 0 aliphatic carbocycles. The van der Waals surface area contributed by atoms with Crippen molar-refractivity contribution in [1.29, 1.82) is 0 Å². The summed E-state index contributed by atoms with van der Waals surface area (Å²) in [6.07, 6.45) is 1.02. The smallest absolute Gasteiger partial charge is 0.120 e. The van der Waals surface area contributed by atoms with Crippen LogP contribution in [-0.4, -0.2) is 11.1 Å². The summed E-state index contributed by atoms with van der Waals surface area (Å²) in [6.45, 7) is 4.27. The molecule has 20 heavy (non-hydrogen) atoms. The van der Waals surface area contributed by atoms with Crippen molar-refractivity contribution < 1.29 is 5.11 Å². The van der Waals surface area contributed by atoms with Gasteiger partial charge in [-0.15, -0.1) is 0 Å². The predicted molar refractivity (Wildman–Crippen MR) is 84.3 cm³/mol. The van der Waals surface area contributed by atoms with Crippen LogP contribution in [0.1, 0.15) is 37.4 Å². The summed E-state index contributed by atoms with van der Waals surface area (Å²) in [5, 5.41) is 14.3. The van der Waals surface area contributed by atoms with Crippen molar-refractivity contribution >= 4 is 11.6 Å². The van der Waals surface area contributed by atoms with Gasteiger partial charge in [0.25, 0.3) is 0 Å². The maximum Gasteiger partial charge on any atom is 0.120 e. The Kier molecular flexibility index (Phi) is 5.05. The summed E-state index contributed by atoms with van der Waals surface area (Å²) in [7, 11) is 0. The normalized spacial score (nSPS) is 13.9. The average Bonchev–Trinajstić information content (AvgIpc) is 2.48. The summed E-state index contributed by atoms with van der Waals surface area (Å²) in [6, 6.07) is 15.6. The summed E-state index contributed by atoms with van der Waals surface area (Å²) < 4.78 is 0. The summed E-state index contributed by atoms with van der Waals surface area (Å²) in [5.41, 5.74) is 1.93. The van der Waals surface area contributed by atoms with Crippen molar-refractivity contribution in [2.75, 3.05) is 0 Å². The zero-order valence-electron chi connectivity index (χ0n) is 11.8. The van der Waals surface area contributed by atoms with Crippen molar-refractivity contribution in [2.45, 2.75) is 32.4 Å². The highest BCUT2D eigenvalue weighted by Gasteiger charge is 2.19. The second-order valence-corrected chi connectivity index (χ2v) is 5.46. The maximum atomic E-state index is 10.2. The lowest BCUT2D eigenvalue weighted by Gasteiger charge is -2.24. The standard InChI is InChI=1S/C17H20ClNO/c1-3-12(2)19-17(13-7-5-4-6-8-13)15-11-14(18)9-10-16(15)20/h4-12,17,19-20H,3H2,1-2H3. The average molecular weight is 290 g/mol. The Balaban J connectivity index is 2.43. The van der Waals surface area contributed by atoms with Gasteiger partial charge in [0.05, 0.1) is 6.04 Å². The Labute approximate surface area is 125 Å². The van der Waals surface area contributed by atoms with Gasteiger partial charge in [-0.1, -0.05) is 48.9 Å². The summed E-state index contributed by atoms with van der Waals surface area (Å²) in [5.74, 6) is 0.263. The number of halogens is 1. The molecule has 2 aromatic rings. The highest BCUT2D eigenvalue weighted by molar-refractivity contribution is 6.30. The van der Waals surface area contributed by atoms with Gasteiger partial charge in [-0.25, -0.2) is 0 Å². The number of phenolic OH excluding ortho intramolecular Hbond substituents is 1. The van der Waals surface area contributed by atoms with E-state index in [1.165, 1.54) is 0 Å². The molecule has 0 amide bonds. The maximum absolute atomic E-state index is 10.2. The van der Waals surface area contributed by atoms with Crippen LogP contribution in [0, 0.1) is 0 Å². The third-order valence-electron chi connectivity index (χ3n) is 3.50. The number of nitrogens with one attached hydrogen (secondary N) is 1. The van der Waals surface area contributed by atoms with Crippen LogP contribution < -0.4 is 5.32 Å². The van der Waals surface area contributed by atoms with E-state index in [0.717, 1.165) is 17.5 Å². The molecule has 106 valence electrons. The van der Waals surface area contributed by atoms with E-state index in [-0.39, 0.29) is 11.8 Å². The SMILES string of the molecule is CCC(C)NC(c1ccccc1)c1cc(Cl)ccc1O. The van der Waals surface area contributed by atoms with Gasteiger partial charge in [-0.2, -0.15) is 0 Å². The van der Waals surface area contributed by atoms with E-state index in [9.17, 15) is 5.11 Å². The lowest BCUT2D eigenvalue weighted by atomic mass is 9.96. The molecular weight excluding hydrogens is 270 g/mol. The van der Waals surface area contributed by atoms with Crippen LogP contribution >= 0.6 is 11.6 Å². The second-order valence-electron chi connectivity index (χ2n) is 5.02. The molecule has 0 radical (unpaired) electrons. The molecule has 0 aliphatic heterocycles. The molecule has 0 aliphatic rings. The minimum atomic E-state index is -0.0650. The van der Waals surface area contributed by atoms with Crippen LogP contribution in [0.25, 0.3) is 0 Å². The molecule has 0 bridgehead atoms. The highest BCUT2D eigenvalue weighted by Crippen LogP contribution is 2.32. The molecule has 2 aromatic carbocycles. The van der Waals surface area contributed by atoms with Gasteiger partial charge < -0.3 is 10.4 Å². The first-order chi connectivity index (χ1) is 9.61. The van der Waals surface area contributed by atoms with Crippen LogP contribution in [0.3, 0.4) is 0 Å². The quantitative estimate of drug-likeness (QED) is 0.848. The van der Waals surface area contributed by atoms with E-state index in [1.54, 1.807) is 12.1 Å². The van der Waals surface area contributed by atoms with Gasteiger partial charge in [-0.05, 0) is 37.1 Å². The minimum Gasteiger partial charge on any atom is -0.508 e. The van der Waals surface area contributed by atoms with E-state index >= 15 is 0 Å². The van der Waals surface area contributed by atoms with Gasteiger partial charge in [0, 0.05) is 16.6 Å². The van der Waals surface area contributed by atoms with Gasteiger partial charge >= 0.3 is 0 Å². The molecule has 2 unspecified atom stereocenters. The van der Waals surface area contributed by atoms with Gasteiger partial charge in [0.1, 0.15) is 5.75 Å². The fraction of sp³-hybridized carbons (Fsp3) is 0.294. The predicted octanol–water partition coefficient (Wildman–Crippen LogP) is 4.52. The highest BCUT2D eigenvalue weighted by atomic mass is 35.5. The number of aromatic hydroxyl groups is 1. The molecular formula is C17H20ClNO. The fourth-order valence-electron chi connectivity index (χ4n) is 2.17.